The number of aromatic nitrogens is 2. The molecule has 0 radical (unpaired) electrons. The summed E-state index contributed by atoms with van der Waals surface area (Å²) < 4.78 is 0. The Hall–Kier alpha value is -2.49. The molecule has 0 spiro atoms. The normalized spacial score (nSPS) is 9.79. The number of anilines is 1. The number of carbonyl (C=O) groups excluding carboxylic acids is 1. The van der Waals surface area contributed by atoms with Gasteiger partial charge in [0.15, 0.2) is 5.82 Å². The number of allylic oxidation sites excluding steroid dienone is 1. The SMILES string of the molecule is CC(C)=CC(=O)Nc1cnc(-c2ccccc2)nc1. The molecule has 0 unspecified atom stereocenters. The molecule has 19 heavy (non-hydrogen) atoms. The predicted octanol–water partition coefficient (Wildman–Crippen LogP) is 3.05. The molecule has 0 fully saturated rings. The summed E-state index contributed by atoms with van der Waals surface area (Å²) in [6.07, 6.45) is 4.74. The smallest absolute Gasteiger partial charge is 0.248 e. The minimum Gasteiger partial charge on any atom is -0.320 e. The first kappa shape index (κ1) is 13.0. The van der Waals surface area contributed by atoms with Crippen LogP contribution in [0.3, 0.4) is 0 Å². The van der Waals surface area contributed by atoms with Crippen molar-refractivity contribution in [3.8, 4) is 11.4 Å². The van der Waals surface area contributed by atoms with Gasteiger partial charge in [-0.05, 0) is 13.8 Å². The zero-order valence-electron chi connectivity index (χ0n) is 10.9. The van der Waals surface area contributed by atoms with E-state index in [1.807, 2.05) is 44.2 Å². The fourth-order valence-electron chi connectivity index (χ4n) is 1.57. The Morgan fingerprint density at radius 3 is 2.32 bits per heavy atom. The average Bonchev–Trinajstić information content (AvgIpc) is 2.39. The third-order valence-electron chi connectivity index (χ3n) is 2.37. The van der Waals surface area contributed by atoms with Crippen LogP contribution in [-0.4, -0.2) is 15.9 Å². The number of carbonyl (C=O) groups is 1. The highest BCUT2D eigenvalue weighted by Crippen LogP contribution is 2.14. The molecule has 2 rings (SSSR count). The van der Waals surface area contributed by atoms with E-state index in [1.54, 1.807) is 12.4 Å². The quantitative estimate of drug-likeness (QED) is 0.855. The molecule has 1 aromatic heterocycles. The van der Waals surface area contributed by atoms with Crippen LogP contribution < -0.4 is 5.32 Å². The second kappa shape index (κ2) is 5.91. The molecule has 96 valence electrons. The summed E-state index contributed by atoms with van der Waals surface area (Å²) in [5.74, 6) is 0.469. The monoisotopic (exact) mass is 253 g/mol. The van der Waals surface area contributed by atoms with Crippen molar-refractivity contribution in [1.82, 2.24) is 9.97 Å². The number of hydrogen-bond donors (Lipinski definition) is 1. The molecule has 1 amide bonds. The zero-order valence-corrected chi connectivity index (χ0v) is 10.9. The Labute approximate surface area is 112 Å². The van der Waals surface area contributed by atoms with Gasteiger partial charge in [-0.15, -0.1) is 0 Å². The molecule has 4 heteroatoms. The first-order valence-corrected chi connectivity index (χ1v) is 5.98. The molecule has 0 aliphatic carbocycles. The zero-order chi connectivity index (χ0) is 13.7. The number of nitrogens with one attached hydrogen (secondary N) is 1. The molecule has 1 aromatic carbocycles. The maximum atomic E-state index is 11.5. The summed E-state index contributed by atoms with van der Waals surface area (Å²) in [6, 6.07) is 9.69. The lowest BCUT2D eigenvalue weighted by molar-refractivity contribution is -0.111. The predicted molar refractivity (Wildman–Crippen MR) is 75.5 cm³/mol. The van der Waals surface area contributed by atoms with Gasteiger partial charge in [-0.1, -0.05) is 35.9 Å². The Morgan fingerprint density at radius 1 is 1.11 bits per heavy atom. The Kier molecular flexibility index (Phi) is 4.03. The summed E-state index contributed by atoms with van der Waals surface area (Å²) in [5, 5.41) is 2.71. The molecular weight excluding hydrogens is 238 g/mol. The Balaban J connectivity index is 2.11. The molecule has 0 saturated carbocycles. The lowest BCUT2D eigenvalue weighted by atomic mass is 10.2. The Morgan fingerprint density at radius 2 is 1.74 bits per heavy atom. The average molecular weight is 253 g/mol. The second-order valence-corrected chi connectivity index (χ2v) is 4.37. The van der Waals surface area contributed by atoms with Crippen LogP contribution in [0.2, 0.25) is 0 Å². The van der Waals surface area contributed by atoms with Gasteiger partial charge < -0.3 is 5.32 Å². The van der Waals surface area contributed by atoms with Crippen molar-refractivity contribution in [2.75, 3.05) is 5.32 Å². The standard InChI is InChI=1S/C15H15N3O/c1-11(2)8-14(19)18-13-9-16-15(17-10-13)12-6-4-3-5-7-12/h3-10H,1-2H3,(H,18,19). The number of rotatable bonds is 3. The second-order valence-electron chi connectivity index (χ2n) is 4.37. The highest BCUT2D eigenvalue weighted by molar-refractivity contribution is 5.99. The van der Waals surface area contributed by atoms with E-state index >= 15 is 0 Å². The molecule has 0 atom stereocenters. The maximum Gasteiger partial charge on any atom is 0.248 e. The minimum atomic E-state index is -0.170. The van der Waals surface area contributed by atoms with Gasteiger partial charge in [-0.3, -0.25) is 4.79 Å². The van der Waals surface area contributed by atoms with Crippen LogP contribution in [0.1, 0.15) is 13.8 Å². The van der Waals surface area contributed by atoms with Crippen LogP contribution in [0.25, 0.3) is 11.4 Å². The number of benzene rings is 1. The lowest BCUT2D eigenvalue weighted by Crippen LogP contribution is -2.09. The molecule has 1 heterocycles. The number of hydrogen-bond acceptors (Lipinski definition) is 3. The molecule has 2 aromatic rings. The van der Waals surface area contributed by atoms with E-state index in [2.05, 4.69) is 15.3 Å². The third-order valence-corrected chi connectivity index (χ3v) is 2.37. The van der Waals surface area contributed by atoms with Crippen LogP contribution >= 0.6 is 0 Å². The number of amides is 1. The third kappa shape index (κ3) is 3.74. The summed E-state index contributed by atoms with van der Waals surface area (Å²) >= 11 is 0. The van der Waals surface area contributed by atoms with E-state index in [0.29, 0.717) is 11.5 Å². The van der Waals surface area contributed by atoms with Crippen LogP contribution in [0.15, 0.2) is 54.4 Å². The molecular formula is C15H15N3O. The van der Waals surface area contributed by atoms with Gasteiger partial charge in [-0.2, -0.15) is 0 Å². The van der Waals surface area contributed by atoms with E-state index in [4.69, 9.17) is 0 Å². The van der Waals surface area contributed by atoms with Gasteiger partial charge >= 0.3 is 0 Å². The fraction of sp³-hybridized carbons (Fsp3) is 0.133. The lowest BCUT2D eigenvalue weighted by Gasteiger charge is -2.03. The van der Waals surface area contributed by atoms with Crippen molar-refractivity contribution < 1.29 is 4.79 Å². The summed E-state index contributed by atoms with van der Waals surface area (Å²) in [4.78, 5) is 20.0. The van der Waals surface area contributed by atoms with Gasteiger partial charge in [0.2, 0.25) is 5.91 Å². The molecule has 4 nitrogen and oxygen atoms in total. The van der Waals surface area contributed by atoms with Gasteiger partial charge in [-0.25, -0.2) is 9.97 Å². The van der Waals surface area contributed by atoms with Gasteiger partial charge in [0.1, 0.15) is 0 Å². The van der Waals surface area contributed by atoms with Crippen molar-refractivity contribution in [2.45, 2.75) is 13.8 Å². The van der Waals surface area contributed by atoms with Gasteiger partial charge in [0, 0.05) is 11.6 Å². The van der Waals surface area contributed by atoms with Crippen LogP contribution in [-0.2, 0) is 4.79 Å². The van der Waals surface area contributed by atoms with Crippen molar-refractivity contribution in [2.24, 2.45) is 0 Å². The first-order valence-electron chi connectivity index (χ1n) is 5.98. The fourth-order valence-corrected chi connectivity index (χ4v) is 1.57. The molecule has 0 aliphatic heterocycles. The van der Waals surface area contributed by atoms with Crippen molar-refractivity contribution in [1.29, 1.82) is 0 Å². The Bertz CT molecular complexity index is 585. The summed E-state index contributed by atoms with van der Waals surface area (Å²) in [6.45, 7) is 3.74. The van der Waals surface area contributed by atoms with Gasteiger partial charge in [0.05, 0.1) is 18.1 Å². The first-order chi connectivity index (χ1) is 9.15. The van der Waals surface area contributed by atoms with Crippen LogP contribution in [0.4, 0.5) is 5.69 Å². The van der Waals surface area contributed by atoms with Gasteiger partial charge in [0.25, 0.3) is 0 Å². The molecule has 1 N–H and O–H groups in total. The maximum absolute atomic E-state index is 11.5. The molecule has 0 bridgehead atoms. The van der Waals surface area contributed by atoms with Crippen molar-refractivity contribution in [3.63, 3.8) is 0 Å². The highest BCUT2D eigenvalue weighted by Gasteiger charge is 2.02. The van der Waals surface area contributed by atoms with Crippen LogP contribution in [0, 0.1) is 0 Å². The number of nitrogens with zero attached hydrogens (tertiary/aromatic N) is 2. The largest absolute Gasteiger partial charge is 0.320 e. The van der Waals surface area contributed by atoms with E-state index in [-0.39, 0.29) is 5.91 Å². The highest BCUT2D eigenvalue weighted by atomic mass is 16.1. The summed E-state index contributed by atoms with van der Waals surface area (Å²) in [5.41, 5.74) is 2.48. The molecule has 0 aliphatic rings. The van der Waals surface area contributed by atoms with E-state index in [0.717, 1.165) is 11.1 Å². The van der Waals surface area contributed by atoms with E-state index < -0.39 is 0 Å². The summed E-state index contributed by atoms with van der Waals surface area (Å²) in [7, 11) is 0. The molecule has 0 saturated heterocycles. The minimum absolute atomic E-state index is 0.170. The van der Waals surface area contributed by atoms with Crippen molar-refractivity contribution in [3.05, 3.63) is 54.4 Å². The van der Waals surface area contributed by atoms with Crippen LogP contribution in [0.5, 0.6) is 0 Å². The topological polar surface area (TPSA) is 54.9 Å². The van der Waals surface area contributed by atoms with E-state index in [9.17, 15) is 4.79 Å². The van der Waals surface area contributed by atoms with Crippen molar-refractivity contribution >= 4 is 11.6 Å². The van der Waals surface area contributed by atoms with E-state index in [1.165, 1.54) is 6.08 Å².